The molecule has 1 N–H and O–H groups in total. The molecule has 0 radical (unpaired) electrons. The molecule has 0 saturated heterocycles. The van der Waals surface area contributed by atoms with Gasteiger partial charge >= 0.3 is 5.97 Å². The number of carboxylic acid groups (broad SMARTS) is 1. The predicted molar refractivity (Wildman–Crippen MR) is 41.2 cm³/mol. The SMILES string of the molecule is O=C(O)CCC1C[C@H]1C1CC1. The summed E-state index contributed by atoms with van der Waals surface area (Å²) in [5.74, 6) is 2.06. The van der Waals surface area contributed by atoms with Crippen molar-refractivity contribution in [3.05, 3.63) is 0 Å². The van der Waals surface area contributed by atoms with E-state index in [4.69, 9.17) is 5.11 Å². The minimum absolute atomic E-state index is 0.383. The normalized spacial score (nSPS) is 35.3. The van der Waals surface area contributed by atoms with Crippen molar-refractivity contribution < 1.29 is 9.90 Å². The molecule has 2 nitrogen and oxygen atoms in total. The second kappa shape index (κ2) is 2.50. The Kier molecular flexibility index (Phi) is 1.63. The van der Waals surface area contributed by atoms with Crippen LogP contribution < -0.4 is 0 Å². The number of carbonyl (C=O) groups is 1. The minimum atomic E-state index is -0.633. The first-order chi connectivity index (χ1) is 5.27. The Morgan fingerprint density at radius 3 is 2.73 bits per heavy atom. The van der Waals surface area contributed by atoms with E-state index in [0.29, 0.717) is 6.42 Å². The van der Waals surface area contributed by atoms with Gasteiger partial charge in [0.25, 0.3) is 0 Å². The summed E-state index contributed by atoms with van der Waals surface area (Å²) >= 11 is 0. The zero-order valence-electron chi connectivity index (χ0n) is 6.62. The first kappa shape index (κ1) is 7.14. The van der Waals surface area contributed by atoms with Crippen LogP contribution in [0.5, 0.6) is 0 Å². The maximum absolute atomic E-state index is 10.2. The molecule has 2 rings (SSSR count). The Balaban J connectivity index is 1.63. The highest BCUT2D eigenvalue weighted by atomic mass is 16.4. The molecular formula is C9H14O2. The largest absolute Gasteiger partial charge is 0.481 e. The van der Waals surface area contributed by atoms with Crippen LogP contribution in [-0.4, -0.2) is 11.1 Å². The second-order valence-corrected chi connectivity index (χ2v) is 3.93. The van der Waals surface area contributed by atoms with Crippen molar-refractivity contribution in [1.29, 1.82) is 0 Å². The molecule has 2 aliphatic carbocycles. The number of carboxylic acids is 1. The molecular weight excluding hydrogens is 140 g/mol. The first-order valence-corrected chi connectivity index (χ1v) is 4.49. The van der Waals surface area contributed by atoms with Gasteiger partial charge in [-0.2, -0.15) is 0 Å². The van der Waals surface area contributed by atoms with Gasteiger partial charge in [0.05, 0.1) is 0 Å². The zero-order valence-corrected chi connectivity index (χ0v) is 6.62. The van der Waals surface area contributed by atoms with Crippen LogP contribution >= 0.6 is 0 Å². The Bertz CT molecular complexity index is 172. The predicted octanol–water partition coefficient (Wildman–Crippen LogP) is 1.90. The van der Waals surface area contributed by atoms with Gasteiger partial charge in [0.15, 0.2) is 0 Å². The van der Waals surface area contributed by atoms with E-state index >= 15 is 0 Å². The van der Waals surface area contributed by atoms with Crippen molar-refractivity contribution in [2.24, 2.45) is 17.8 Å². The van der Waals surface area contributed by atoms with Crippen LogP contribution in [-0.2, 0) is 4.79 Å². The fraction of sp³-hybridized carbons (Fsp3) is 0.889. The van der Waals surface area contributed by atoms with Crippen molar-refractivity contribution in [1.82, 2.24) is 0 Å². The average Bonchev–Trinajstić information content (AvgIpc) is 2.79. The third-order valence-corrected chi connectivity index (χ3v) is 2.93. The minimum Gasteiger partial charge on any atom is -0.481 e. The van der Waals surface area contributed by atoms with Crippen molar-refractivity contribution in [3.63, 3.8) is 0 Å². The van der Waals surface area contributed by atoms with Crippen molar-refractivity contribution in [3.8, 4) is 0 Å². The number of aliphatic carboxylic acids is 1. The van der Waals surface area contributed by atoms with Gasteiger partial charge in [-0.15, -0.1) is 0 Å². The fourth-order valence-electron chi connectivity index (χ4n) is 2.01. The Labute approximate surface area is 66.6 Å². The number of hydrogen-bond donors (Lipinski definition) is 1. The summed E-state index contributed by atoms with van der Waals surface area (Å²) < 4.78 is 0. The van der Waals surface area contributed by atoms with E-state index in [1.165, 1.54) is 19.3 Å². The lowest BCUT2D eigenvalue weighted by Crippen LogP contribution is -1.95. The second-order valence-electron chi connectivity index (χ2n) is 3.93. The van der Waals surface area contributed by atoms with Crippen LogP contribution in [0.1, 0.15) is 32.1 Å². The Morgan fingerprint density at radius 1 is 1.45 bits per heavy atom. The van der Waals surface area contributed by atoms with Crippen LogP contribution in [0.4, 0.5) is 0 Å². The maximum Gasteiger partial charge on any atom is 0.303 e. The third-order valence-electron chi connectivity index (χ3n) is 2.93. The quantitative estimate of drug-likeness (QED) is 0.671. The molecule has 0 aromatic rings. The smallest absolute Gasteiger partial charge is 0.303 e. The summed E-state index contributed by atoms with van der Waals surface area (Å²) in [4.78, 5) is 10.2. The molecule has 0 aliphatic heterocycles. The molecule has 0 spiro atoms. The summed E-state index contributed by atoms with van der Waals surface area (Å²) in [5, 5.41) is 8.43. The third kappa shape index (κ3) is 1.73. The highest BCUT2D eigenvalue weighted by molar-refractivity contribution is 5.66. The lowest BCUT2D eigenvalue weighted by molar-refractivity contribution is -0.137. The molecule has 0 amide bonds. The molecule has 0 heterocycles. The molecule has 2 aliphatic rings. The van der Waals surface area contributed by atoms with Gasteiger partial charge in [0, 0.05) is 6.42 Å². The maximum atomic E-state index is 10.2. The molecule has 11 heavy (non-hydrogen) atoms. The standard InChI is InChI=1S/C9H14O2/c10-9(11)4-3-7-5-8(7)6-1-2-6/h6-8H,1-5H2,(H,10,11)/t7?,8-/m0/s1. The van der Waals surface area contributed by atoms with Crippen molar-refractivity contribution in [2.45, 2.75) is 32.1 Å². The highest BCUT2D eigenvalue weighted by Gasteiger charge is 2.46. The average molecular weight is 154 g/mol. The Hall–Kier alpha value is -0.530. The first-order valence-electron chi connectivity index (χ1n) is 4.49. The van der Waals surface area contributed by atoms with Crippen LogP contribution in [0, 0.1) is 17.8 Å². The molecule has 2 atom stereocenters. The molecule has 2 fully saturated rings. The van der Waals surface area contributed by atoms with E-state index in [0.717, 1.165) is 24.2 Å². The van der Waals surface area contributed by atoms with E-state index in [-0.39, 0.29) is 0 Å². The van der Waals surface area contributed by atoms with Gasteiger partial charge in [-0.3, -0.25) is 4.79 Å². The van der Waals surface area contributed by atoms with E-state index in [1.807, 2.05) is 0 Å². The summed E-state index contributed by atoms with van der Waals surface area (Å²) in [7, 11) is 0. The molecule has 0 aromatic heterocycles. The van der Waals surface area contributed by atoms with Gasteiger partial charge in [-0.1, -0.05) is 0 Å². The lowest BCUT2D eigenvalue weighted by Gasteiger charge is -1.93. The van der Waals surface area contributed by atoms with Crippen LogP contribution in [0.25, 0.3) is 0 Å². The van der Waals surface area contributed by atoms with Gasteiger partial charge in [0.2, 0.25) is 0 Å². The van der Waals surface area contributed by atoms with Gasteiger partial charge < -0.3 is 5.11 Å². The van der Waals surface area contributed by atoms with E-state index in [1.54, 1.807) is 0 Å². The summed E-state index contributed by atoms with van der Waals surface area (Å²) in [6, 6.07) is 0. The summed E-state index contributed by atoms with van der Waals surface area (Å²) in [6.07, 6.45) is 5.45. The van der Waals surface area contributed by atoms with Crippen LogP contribution in [0.3, 0.4) is 0 Å². The monoisotopic (exact) mass is 154 g/mol. The summed E-state index contributed by atoms with van der Waals surface area (Å²) in [6.45, 7) is 0. The Morgan fingerprint density at radius 2 is 2.18 bits per heavy atom. The number of rotatable bonds is 4. The fourth-order valence-corrected chi connectivity index (χ4v) is 2.01. The van der Waals surface area contributed by atoms with Gasteiger partial charge in [-0.25, -0.2) is 0 Å². The van der Waals surface area contributed by atoms with Crippen molar-refractivity contribution in [2.75, 3.05) is 0 Å². The number of hydrogen-bond acceptors (Lipinski definition) is 1. The van der Waals surface area contributed by atoms with E-state index < -0.39 is 5.97 Å². The molecule has 62 valence electrons. The lowest BCUT2D eigenvalue weighted by atomic mass is 10.1. The van der Waals surface area contributed by atoms with E-state index in [2.05, 4.69) is 0 Å². The van der Waals surface area contributed by atoms with Gasteiger partial charge in [0.1, 0.15) is 0 Å². The van der Waals surface area contributed by atoms with Crippen LogP contribution in [0.15, 0.2) is 0 Å². The topological polar surface area (TPSA) is 37.3 Å². The van der Waals surface area contributed by atoms with Gasteiger partial charge in [-0.05, 0) is 43.4 Å². The molecule has 1 unspecified atom stereocenters. The van der Waals surface area contributed by atoms with Crippen LogP contribution in [0.2, 0.25) is 0 Å². The zero-order chi connectivity index (χ0) is 7.84. The molecule has 2 heteroatoms. The molecule has 0 aromatic carbocycles. The highest BCUT2D eigenvalue weighted by Crippen LogP contribution is 2.55. The van der Waals surface area contributed by atoms with E-state index in [9.17, 15) is 4.79 Å². The summed E-state index contributed by atoms with van der Waals surface area (Å²) in [5.41, 5.74) is 0. The van der Waals surface area contributed by atoms with Crippen molar-refractivity contribution >= 4 is 5.97 Å². The molecule has 2 saturated carbocycles. The molecule has 0 bridgehead atoms.